The summed E-state index contributed by atoms with van der Waals surface area (Å²) in [7, 11) is 1.95. The molecule has 0 saturated carbocycles. The number of aromatic nitrogens is 1. The number of hydrogen-bond donors (Lipinski definition) is 2. The van der Waals surface area contributed by atoms with Crippen molar-refractivity contribution in [3.63, 3.8) is 0 Å². The summed E-state index contributed by atoms with van der Waals surface area (Å²) in [6.07, 6.45) is 4.22. The molecule has 3 rings (SSSR count). The Morgan fingerprint density at radius 1 is 1.56 bits per heavy atom. The third kappa shape index (κ3) is 1.93. The van der Waals surface area contributed by atoms with E-state index in [4.69, 9.17) is 5.73 Å². The Balaban J connectivity index is 2.10. The number of thiophene rings is 1. The van der Waals surface area contributed by atoms with Crippen LogP contribution >= 0.6 is 11.3 Å². The molecular formula is C13H18N4S. The maximum atomic E-state index is 6.10. The molecule has 1 unspecified atom stereocenters. The zero-order valence-electron chi connectivity index (χ0n) is 10.5. The van der Waals surface area contributed by atoms with Crippen LogP contribution in [0, 0.1) is 0 Å². The Hall–Kier alpha value is -1.33. The largest absolute Gasteiger partial charge is 0.385 e. The maximum absolute atomic E-state index is 6.10. The van der Waals surface area contributed by atoms with Gasteiger partial charge in [-0.2, -0.15) is 0 Å². The lowest BCUT2D eigenvalue weighted by molar-refractivity contribution is 0.507. The molecule has 1 aliphatic heterocycles. The van der Waals surface area contributed by atoms with Crippen molar-refractivity contribution >= 4 is 32.9 Å². The van der Waals surface area contributed by atoms with Gasteiger partial charge in [0.1, 0.15) is 0 Å². The van der Waals surface area contributed by atoms with Gasteiger partial charge in [0.2, 0.25) is 0 Å². The van der Waals surface area contributed by atoms with Crippen LogP contribution in [0.5, 0.6) is 0 Å². The molecular weight excluding hydrogens is 244 g/mol. The second kappa shape index (κ2) is 4.74. The first-order chi connectivity index (χ1) is 8.79. The molecule has 1 saturated heterocycles. The highest BCUT2D eigenvalue weighted by molar-refractivity contribution is 7.17. The summed E-state index contributed by atoms with van der Waals surface area (Å²) in [5.41, 5.74) is 9.54. The Morgan fingerprint density at radius 2 is 2.44 bits per heavy atom. The number of piperidine rings is 1. The van der Waals surface area contributed by atoms with E-state index in [-0.39, 0.29) is 6.04 Å². The highest BCUT2D eigenvalue weighted by Gasteiger charge is 2.21. The van der Waals surface area contributed by atoms with E-state index in [0.717, 1.165) is 30.7 Å². The minimum atomic E-state index is 0.284. The average Bonchev–Trinajstić information content (AvgIpc) is 2.85. The van der Waals surface area contributed by atoms with E-state index in [0.29, 0.717) is 0 Å². The molecule has 18 heavy (non-hydrogen) atoms. The van der Waals surface area contributed by atoms with E-state index < -0.39 is 0 Å². The van der Waals surface area contributed by atoms with Crippen molar-refractivity contribution in [2.45, 2.75) is 18.9 Å². The van der Waals surface area contributed by atoms with Gasteiger partial charge in [-0.15, -0.1) is 11.3 Å². The van der Waals surface area contributed by atoms with Crippen molar-refractivity contribution in [1.82, 2.24) is 4.98 Å². The van der Waals surface area contributed by atoms with Crippen LogP contribution in [0.3, 0.4) is 0 Å². The van der Waals surface area contributed by atoms with E-state index in [1.807, 2.05) is 13.2 Å². The van der Waals surface area contributed by atoms with E-state index in [9.17, 15) is 0 Å². The molecule has 0 spiro atoms. The monoisotopic (exact) mass is 262 g/mol. The highest BCUT2D eigenvalue weighted by Crippen LogP contribution is 2.37. The number of nitrogens with zero attached hydrogens (tertiary/aromatic N) is 2. The van der Waals surface area contributed by atoms with Crippen molar-refractivity contribution in [3.8, 4) is 0 Å². The van der Waals surface area contributed by atoms with Crippen molar-refractivity contribution < 1.29 is 0 Å². The predicted molar refractivity (Wildman–Crippen MR) is 78.6 cm³/mol. The van der Waals surface area contributed by atoms with E-state index in [1.165, 1.54) is 16.8 Å². The number of hydrogen-bond acceptors (Lipinski definition) is 5. The van der Waals surface area contributed by atoms with Crippen molar-refractivity contribution in [3.05, 3.63) is 17.6 Å². The minimum Gasteiger partial charge on any atom is -0.385 e. The summed E-state index contributed by atoms with van der Waals surface area (Å²) in [5, 5.41) is 5.35. The third-order valence-electron chi connectivity index (χ3n) is 3.49. The zero-order chi connectivity index (χ0) is 12.5. The molecule has 4 nitrogen and oxygen atoms in total. The zero-order valence-corrected chi connectivity index (χ0v) is 11.3. The normalized spacial score (nSPS) is 20.3. The molecule has 0 aliphatic carbocycles. The number of nitrogens with one attached hydrogen (secondary N) is 1. The molecule has 96 valence electrons. The van der Waals surface area contributed by atoms with Crippen molar-refractivity contribution in [2.24, 2.45) is 5.73 Å². The molecule has 0 bridgehead atoms. The van der Waals surface area contributed by atoms with Gasteiger partial charge in [-0.05, 0) is 24.3 Å². The van der Waals surface area contributed by atoms with Gasteiger partial charge < -0.3 is 16.0 Å². The lowest BCUT2D eigenvalue weighted by Crippen LogP contribution is -2.43. The van der Waals surface area contributed by atoms with Crippen LogP contribution in [0.2, 0.25) is 0 Å². The molecule has 2 aromatic rings. The fourth-order valence-corrected chi connectivity index (χ4v) is 3.53. The van der Waals surface area contributed by atoms with Gasteiger partial charge in [0.05, 0.1) is 27.8 Å². The number of pyridine rings is 1. The number of nitrogens with two attached hydrogens (primary N) is 1. The third-order valence-corrected chi connectivity index (χ3v) is 4.40. The number of anilines is 2. The summed E-state index contributed by atoms with van der Waals surface area (Å²) in [6.45, 7) is 2.02. The maximum Gasteiger partial charge on any atom is 0.0832 e. The van der Waals surface area contributed by atoms with Crippen LogP contribution in [-0.4, -0.2) is 31.2 Å². The average molecular weight is 262 g/mol. The first-order valence-electron chi connectivity index (χ1n) is 6.34. The summed E-state index contributed by atoms with van der Waals surface area (Å²) in [4.78, 5) is 6.88. The molecule has 1 aliphatic rings. The second-order valence-corrected chi connectivity index (χ2v) is 5.67. The molecule has 2 aromatic heterocycles. The Bertz CT molecular complexity index is 551. The molecule has 0 aromatic carbocycles. The second-order valence-electron chi connectivity index (χ2n) is 4.75. The standard InChI is InChI=1S/C13H18N4S/c1-15-11-7-16-10-4-6-18-13(10)12(11)17-5-2-3-9(14)8-17/h4,6-7,9,15H,2-3,5,8,14H2,1H3. The lowest BCUT2D eigenvalue weighted by Gasteiger charge is -2.34. The quantitative estimate of drug-likeness (QED) is 0.871. The summed E-state index contributed by atoms with van der Waals surface area (Å²) >= 11 is 1.75. The topological polar surface area (TPSA) is 54.2 Å². The summed E-state index contributed by atoms with van der Waals surface area (Å²) in [6, 6.07) is 2.36. The smallest absolute Gasteiger partial charge is 0.0832 e. The first kappa shape index (κ1) is 11.7. The van der Waals surface area contributed by atoms with Gasteiger partial charge in [0.25, 0.3) is 0 Å². The molecule has 3 heterocycles. The predicted octanol–water partition coefficient (Wildman–Crippen LogP) is 2.27. The van der Waals surface area contributed by atoms with Gasteiger partial charge in [0.15, 0.2) is 0 Å². The minimum absolute atomic E-state index is 0.284. The Labute approximate surface area is 111 Å². The summed E-state index contributed by atoms with van der Waals surface area (Å²) in [5.74, 6) is 0. The van der Waals surface area contributed by atoms with Gasteiger partial charge in [-0.3, -0.25) is 4.98 Å². The molecule has 1 fully saturated rings. The van der Waals surface area contributed by atoms with Crippen LogP contribution in [0.1, 0.15) is 12.8 Å². The van der Waals surface area contributed by atoms with Crippen LogP contribution < -0.4 is 16.0 Å². The number of rotatable bonds is 2. The van der Waals surface area contributed by atoms with E-state index >= 15 is 0 Å². The Kier molecular flexibility index (Phi) is 3.09. The first-order valence-corrected chi connectivity index (χ1v) is 7.22. The molecule has 5 heteroatoms. The SMILES string of the molecule is CNc1cnc2ccsc2c1N1CCCC(N)C1. The number of fused-ring (bicyclic) bond motifs is 1. The lowest BCUT2D eigenvalue weighted by atomic mass is 10.1. The molecule has 1 atom stereocenters. The molecule has 3 N–H and O–H groups in total. The molecule has 0 amide bonds. The fraction of sp³-hybridized carbons (Fsp3) is 0.462. The van der Waals surface area contributed by atoms with Crippen LogP contribution in [0.25, 0.3) is 10.2 Å². The van der Waals surface area contributed by atoms with Crippen molar-refractivity contribution in [1.29, 1.82) is 0 Å². The summed E-state index contributed by atoms with van der Waals surface area (Å²) < 4.78 is 1.26. The van der Waals surface area contributed by atoms with Crippen LogP contribution in [-0.2, 0) is 0 Å². The van der Waals surface area contributed by atoms with E-state index in [2.05, 4.69) is 26.6 Å². The highest BCUT2D eigenvalue weighted by atomic mass is 32.1. The van der Waals surface area contributed by atoms with Crippen molar-refractivity contribution in [2.75, 3.05) is 30.4 Å². The molecule has 0 radical (unpaired) electrons. The van der Waals surface area contributed by atoms with Gasteiger partial charge in [-0.1, -0.05) is 0 Å². The fourth-order valence-electron chi connectivity index (χ4n) is 2.61. The van der Waals surface area contributed by atoms with Crippen LogP contribution in [0.15, 0.2) is 17.6 Å². The van der Waals surface area contributed by atoms with E-state index in [1.54, 1.807) is 11.3 Å². The van der Waals surface area contributed by atoms with Gasteiger partial charge in [0, 0.05) is 26.2 Å². The van der Waals surface area contributed by atoms with Crippen LogP contribution in [0.4, 0.5) is 11.4 Å². The Morgan fingerprint density at radius 3 is 3.22 bits per heavy atom. The van der Waals surface area contributed by atoms with Gasteiger partial charge in [-0.25, -0.2) is 0 Å². The van der Waals surface area contributed by atoms with Gasteiger partial charge >= 0.3 is 0 Å².